The van der Waals surface area contributed by atoms with Crippen molar-refractivity contribution in [3.8, 4) is 5.82 Å². The molecule has 136 valence electrons. The SMILES string of the molecule is CC(C)(C)c1ccc(Nc2nc3ccccc3n2-c2cc(N)ncn2)cc1. The van der Waals surface area contributed by atoms with Crippen LogP contribution in [0.5, 0.6) is 0 Å². The van der Waals surface area contributed by atoms with Crippen LogP contribution in [0.15, 0.2) is 60.9 Å². The second-order valence-corrected chi connectivity index (χ2v) is 7.51. The normalized spacial score (nSPS) is 11.7. The van der Waals surface area contributed by atoms with Gasteiger partial charge in [0.25, 0.3) is 0 Å². The molecule has 0 spiro atoms. The number of anilines is 3. The zero-order valence-corrected chi connectivity index (χ0v) is 15.6. The van der Waals surface area contributed by atoms with Gasteiger partial charge in [-0.3, -0.25) is 4.57 Å². The van der Waals surface area contributed by atoms with Crippen molar-refractivity contribution < 1.29 is 0 Å². The maximum absolute atomic E-state index is 5.86. The molecule has 0 radical (unpaired) electrons. The molecule has 6 nitrogen and oxygen atoms in total. The largest absolute Gasteiger partial charge is 0.384 e. The van der Waals surface area contributed by atoms with E-state index >= 15 is 0 Å². The number of nitrogens with zero attached hydrogens (tertiary/aromatic N) is 4. The zero-order valence-electron chi connectivity index (χ0n) is 15.6. The average Bonchev–Trinajstić information content (AvgIpc) is 2.99. The Balaban J connectivity index is 1.79. The highest BCUT2D eigenvalue weighted by Gasteiger charge is 2.15. The zero-order chi connectivity index (χ0) is 19.0. The summed E-state index contributed by atoms with van der Waals surface area (Å²) in [6, 6.07) is 18.1. The lowest BCUT2D eigenvalue weighted by atomic mass is 9.87. The number of hydrogen-bond donors (Lipinski definition) is 2. The molecule has 4 aromatic rings. The number of nitrogens with two attached hydrogens (primary N) is 1. The maximum atomic E-state index is 5.86. The van der Waals surface area contributed by atoms with Crippen LogP contribution in [-0.4, -0.2) is 19.5 Å². The van der Waals surface area contributed by atoms with Gasteiger partial charge in [0, 0.05) is 11.8 Å². The standard InChI is InChI=1S/C21H22N6/c1-21(2,3)14-8-10-15(11-9-14)25-20-26-16-6-4-5-7-17(16)27(20)19-12-18(22)23-13-24-19/h4-13H,1-3H3,(H,25,26)(H2,22,23,24). The predicted molar refractivity (Wildman–Crippen MR) is 109 cm³/mol. The van der Waals surface area contributed by atoms with Crippen LogP contribution in [0.25, 0.3) is 16.9 Å². The van der Waals surface area contributed by atoms with Crippen LogP contribution in [0.1, 0.15) is 26.3 Å². The Bertz CT molecular complexity index is 1090. The van der Waals surface area contributed by atoms with Crippen LogP contribution in [0.4, 0.5) is 17.5 Å². The second kappa shape index (κ2) is 6.39. The van der Waals surface area contributed by atoms with E-state index in [1.165, 1.54) is 11.9 Å². The van der Waals surface area contributed by atoms with E-state index in [4.69, 9.17) is 10.7 Å². The van der Waals surface area contributed by atoms with Crippen molar-refractivity contribution in [2.24, 2.45) is 0 Å². The molecule has 0 amide bonds. The van der Waals surface area contributed by atoms with Crippen molar-refractivity contribution in [3.63, 3.8) is 0 Å². The van der Waals surface area contributed by atoms with Gasteiger partial charge in [-0.05, 0) is 35.2 Å². The molecule has 0 saturated heterocycles. The van der Waals surface area contributed by atoms with Gasteiger partial charge in [0.15, 0.2) is 0 Å². The molecule has 0 fully saturated rings. The van der Waals surface area contributed by atoms with Crippen molar-refractivity contribution in [1.82, 2.24) is 19.5 Å². The molecule has 2 aromatic carbocycles. The third-order valence-electron chi connectivity index (χ3n) is 4.47. The number of imidazole rings is 1. The monoisotopic (exact) mass is 358 g/mol. The summed E-state index contributed by atoms with van der Waals surface area (Å²) in [4.78, 5) is 13.1. The Hall–Kier alpha value is -3.41. The number of nitrogens with one attached hydrogen (secondary N) is 1. The summed E-state index contributed by atoms with van der Waals surface area (Å²) in [5.41, 5.74) is 10.0. The first-order valence-electron chi connectivity index (χ1n) is 8.85. The third kappa shape index (κ3) is 3.33. The minimum Gasteiger partial charge on any atom is -0.384 e. The van der Waals surface area contributed by atoms with Gasteiger partial charge in [0.2, 0.25) is 5.95 Å². The molecule has 0 aliphatic carbocycles. The molecule has 0 aliphatic heterocycles. The van der Waals surface area contributed by atoms with Gasteiger partial charge >= 0.3 is 0 Å². The summed E-state index contributed by atoms with van der Waals surface area (Å²) in [5.74, 6) is 1.76. The van der Waals surface area contributed by atoms with Crippen molar-refractivity contribution in [2.75, 3.05) is 11.1 Å². The number of aromatic nitrogens is 4. The van der Waals surface area contributed by atoms with Gasteiger partial charge in [-0.25, -0.2) is 15.0 Å². The Morgan fingerprint density at radius 3 is 2.41 bits per heavy atom. The molecule has 27 heavy (non-hydrogen) atoms. The summed E-state index contributed by atoms with van der Waals surface area (Å²) in [6.45, 7) is 6.61. The Morgan fingerprint density at radius 1 is 0.963 bits per heavy atom. The summed E-state index contributed by atoms with van der Waals surface area (Å²) < 4.78 is 1.95. The fourth-order valence-corrected chi connectivity index (χ4v) is 3.01. The Morgan fingerprint density at radius 2 is 1.70 bits per heavy atom. The van der Waals surface area contributed by atoms with Crippen LogP contribution >= 0.6 is 0 Å². The third-order valence-corrected chi connectivity index (χ3v) is 4.47. The highest BCUT2D eigenvalue weighted by molar-refractivity contribution is 5.82. The van der Waals surface area contributed by atoms with Gasteiger partial charge in [-0.2, -0.15) is 0 Å². The molecule has 6 heteroatoms. The van der Waals surface area contributed by atoms with E-state index < -0.39 is 0 Å². The predicted octanol–water partition coefficient (Wildman–Crippen LogP) is 4.44. The number of para-hydroxylation sites is 2. The fraction of sp³-hybridized carbons (Fsp3) is 0.190. The molecule has 0 saturated carbocycles. The molecular weight excluding hydrogens is 336 g/mol. The first-order valence-corrected chi connectivity index (χ1v) is 8.85. The molecule has 0 bridgehead atoms. The summed E-state index contributed by atoms with van der Waals surface area (Å²) in [6.07, 6.45) is 1.46. The molecule has 0 unspecified atom stereocenters. The van der Waals surface area contributed by atoms with E-state index in [-0.39, 0.29) is 5.41 Å². The molecular formula is C21H22N6. The number of hydrogen-bond acceptors (Lipinski definition) is 5. The smallest absolute Gasteiger partial charge is 0.214 e. The lowest BCUT2D eigenvalue weighted by Crippen LogP contribution is -2.10. The highest BCUT2D eigenvalue weighted by atomic mass is 15.2. The molecule has 0 aliphatic rings. The highest BCUT2D eigenvalue weighted by Crippen LogP contribution is 2.28. The minimum absolute atomic E-state index is 0.115. The van der Waals surface area contributed by atoms with Crippen LogP contribution in [-0.2, 0) is 5.41 Å². The summed E-state index contributed by atoms with van der Waals surface area (Å²) in [5, 5.41) is 3.41. The fourth-order valence-electron chi connectivity index (χ4n) is 3.01. The first-order chi connectivity index (χ1) is 12.9. The van der Waals surface area contributed by atoms with Gasteiger partial charge in [0.1, 0.15) is 18.0 Å². The lowest BCUT2D eigenvalue weighted by molar-refractivity contribution is 0.590. The van der Waals surface area contributed by atoms with Crippen molar-refractivity contribution in [1.29, 1.82) is 0 Å². The second-order valence-electron chi connectivity index (χ2n) is 7.51. The van der Waals surface area contributed by atoms with E-state index in [0.717, 1.165) is 16.7 Å². The van der Waals surface area contributed by atoms with Gasteiger partial charge in [-0.15, -0.1) is 0 Å². The Labute approximate surface area is 158 Å². The maximum Gasteiger partial charge on any atom is 0.214 e. The van der Waals surface area contributed by atoms with Gasteiger partial charge in [0.05, 0.1) is 11.0 Å². The number of nitrogen functional groups attached to an aromatic ring is 1. The van der Waals surface area contributed by atoms with Crippen molar-refractivity contribution in [3.05, 3.63) is 66.5 Å². The van der Waals surface area contributed by atoms with Crippen LogP contribution in [0.3, 0.4) is 0 Å². The van der Waals surface area contributed by atoms with E-state index in [1.54, 1.807) is 6.07 Å². The number of fused-ring (bicyclic) bond motifs is 1. The molecule has 2 aromatic heterocycles. The van der Waals surface area contributed by atoms with E-state index in [9.17, 15) is 0 Å². The van der Waals surface area contributed by atoms with Gasteiger partial charge in [-0.1, -0.05) is 45.0 Å². The quantitative estimate of drug-likeness (QED) is 0.566. The topological polar surface area (TPSA) is 81.7 Å². The van der Waals surface area contributed by atoms with E-state index in [1.807, 2.05) is 28.8 Å². The lowest BCUT2D eigenvalue weighted by Gasteiger charge is -2.19. The van der Waals surface area contributed by atoms with Crippen LogP contribution in [0, 0.1) is 0 Å². The molecule has 4 rings (SSSR count). The summed E-state index contributed by atoms with van der Waals surface area (Å²) >= 11 is 0. The van der Waals surface area contributed by atoms with Crippen molar-refractivity contribution in [2.45, 2.75) is 26.2 Å². The molecule has 0 atom stereocenters. The van der Waals surface area contributed by atoms with Crippen LogP contribution < -0.4 is 11.1 Å². The minimum atomic E-state index is 0.115. The molecule has 2 heterocycles. The molecule has 3 N–H and O–H groups in total. The van der Waals surface area contributed by atoms with Crippen LogP contribution in [0.2, 0.25) is 0 Å². The van der Waals surface area contributed by atoms with Crippen molar-refractivity contribution >= 4 is 28.5 Å². The number of benzene rings is 2. The van der Waals surface area contributed by atoms with E-state index in [0.29, 0.717) is 17.6 Å². The summed E-state index contributed by atoms with van der Waals surface area (Å²) in [7, 11) is 0. The Kier molecular flexibility index (Phi) is 4.03. The average molecular weight is 358 g/mol. The van der Waals surface area contributed by atoms with E-state index in [2.05, 4.69) is 60.3 Å². The number of rotatable bonds is 3. The van der Waals surface area contributed by atoms with Gasteiger partial charge < -0.3 is 11.1 Å². The first kappa shape index (κ1) is 17.0.